The van der Waals surface area contributed by atoms with E-state index in [2.05, 4.69) is 22.9 Å². The first-order valence-corrected chi connectivity index (χ1v) is 4.90. The third-order valence-corrected chi connectivity index (χ3v) is 2.89. The van der Waals surface area contributed by atoms with Gasteiger partial charge in [-0.15, -0.1) is 0 Å². The molecule has 0 saturated heterocycles. The minimum atomic E-state index is 0.746. The maximum Gasteiger partial charge on any atom is 0.0628 e. The van der Waals surface area contributed by atoms with Crippen LogP contribution < -0.4 is 0 Å². The fourth-order valence-corrected chi connectivity index (χ4v) is 1.82. The Bertz CT molecular complexity index is 306. The molecule has 2 heteroatoms. The van der Waals surface area contributed by atoms with Crippen molar-refractivity contribution in [3.63, 3.8) is 0 Å². The molecular formula is C10H14N2. The summed E-state index contributed by atoms with van der Waals surface area (Å²) in [7, 11) is 0. The summed E-state index contributed by atoms with van der Waals surface area (Å²) >= 11 is 0. The summed E-state index contributed by atoms with van der Waals surface area (Å²) < 4.78 is 2.18. The van der Waals surface area contributed by atoms with Gasteiger partial charge in [-0.1, -0.05) is 0 Å². The average Bonchev–Trinajstić information content (AvgIpc) is 2.93. The monoisotopic (exact) mass is 162 g/mol. The lowest BCUT2D eigenvalue weighted by molar-refractivity contribution is 0.635. The third kappa shape index (κ3) is 0.977. The van der Waals surface area contributed by atoms with Gasteiger partial charge < -0.3 is 0 Å². The Hall–Kier alpha value is -0.790. The first kappa shape index (κ1) is 6.70. The molecule has 3 rings (SSSR count). The number of aryl methyl sites for hydroxylation is 1. The lowest BCUT2D eigenvalue weighted by atomic mass is 10.2. The molecule has 0 unspecified atom stereocenters. The number of nitrogens with zero attached hydrogens (tertiary/aromatic N) is 2. The molecule has 0 radical (unpaired) electrons. The Morgan fingerprint density at radius 3 is 2.67 bits per heavy atom. The van der Waals surface area contributed by atoms with Gasteiger partial charge in [0, 0.05) is 6.20 Å². The van der Waals surface area contributed by atoms with Crippen molar-refractivity contribution in [2.45, 2.75) is 44.6 Å². The van der Waals surface area contributed by atoms with Gasteiger partial charge in [-0.2, -0.15) is 5.10 Å². The predicted molar refractivity (Wildman–Crippen MR) is 47.2 cm³/mol. The second-order valence-electron chi connectivity index (χ2n) is 4.16. The maximum atomic E-state index is 4.55. The normalized spacial score (nSPS) is 23.1. The molecule has 2 fully saturated rings. The zero-order chi connectivity index (χ0) is 8.13. The number of hydrogen-bond donors (Lipinski definition) is 0. The second kappa shape index (κ2) is 2.12. The van der Waals surface area contributed by atoms with Crippen molar-refractivity contribution in [2.75, 3.05) is 0 Å². The molecule has 0 aliphatic heterocycles. The van der Waals surface area contributed by atoms with E-state index in [9.17, 15) is 0 Å². The molecule has 2 nitrogen and oxygen atoms in total. The van der Waals surface area contributed by atoms with E-state index in [0.717, 1.165) is 12.0 Å². The van der Waals surface area contributed by atoms with Crippen LogP contribution in [0.4, 0.5) is 0 Å². The summed E-state index contributed by atoms with van der Waals surface area (Å²) in [5.41, 5.74) is 2.78. The number of aromatic nitrogens is 2. The van der Waals surface area contributed by atoms with E-state index < -0.39 is 0 Å². The summed E-state index contributed by atoms with van der Waals surface area (Å²) in [6.07, 6.45) is 7.73. The number of hydrogen-bond acceptors (Lipinski definition) is 1. The van der Waals surface area contributed by atoms with Gasteiger partial charge in [-0.25, -0.2) is 0 Å². The first-order chi connectivity index (χ1) is 5.84. The zero-order valence-electron chi connectivity index (χ0n) is 7.45. The highest BCUT2D eigenvalue weighted by Gasteiger charge is 2.30. The molecule has 0 N–H and O–H groups in total. The van der Waals surface area contributed by atoms with Gasteiger partial charge in [-0.05, 0) is 44.1 Å². The summed E-state index contributed by atoms with van der Waals surface area (Å²) in [6, 6.07) is 0.746. The van der Waals surface area contributed by atoms with E-state index in [1.165, 1.54) is 36.9 Å². The maximum absolute atomic E-state index is 4.55. The Balaban J connectivity index is 1.96. The Kier molecular flexibility index (Phi) is 1.18. The highest BCUT2D eigenvalue weighted by Crippen LogP contribution is 2.43. The Morgan fingerprint density at radius 1 is 1.33 bits per heavy atom. The van der Waals surface area contributed by atoms with Crippen molar-refractivity contribution >= 4 is 0 Å². The van der Waals surface area contributed by atoms with Crippen LogP contribution in [-0.2, 0) is 0 Å². The SMILES string of the molecule is Cc1nn(C2CC2)cc1C1CC1. The van der Waals surface area contributed by atoms with E-state index in [1.807, 2.05) is 0 Å². The smallest absolute Gasteiger partial charge is 0.0628 e. The van der Waals surface area contributed by atoms with Gasteiger partial charge in [0.1, 0.15) is 0 Å². The highest BCUT2D eigenvalue weighted by atomic mass is 15.3. The van der Waals surface area contributed by atoms with E-state index in [4.69, 9.17) is 0 Å². The topological polar surface area (TPSA) is 17.8 Å². The van der Waals surface area contributed by atoms with Crippen molar-refractivity contribution in [3.05, 3.63) is 17.5 Å². The molecule has 0 bridgehead atoms. The largest absolute Gasteiger partial charge is 0.269 e. The fraction of sp³-hybridized carbons (Fsp3) is 0.700. The molecule has 1 aromatic heterocycles. The molecule has 2 aliphatic rings. The van der Waals surface area contributed by atoms with Crippen LogP contribution >= 0.6 is 0 Å². The number of rotatable bonds is 2. The molecule has 0 aromatic carbocycles. The molecule has 0 amide bonds. The third-order valence-electron chi connectivity index (χ3n) is 2.89. The highest BCUT2D eigenvalue weighted by molar-refractivity contribution is 5.25. The first-order valence-electron chi connectivity index (χ1n) is 4.90. The summed E-state index contributed by atoms with van der Waals surface area (Å²) in [5, 5.41) is 4.55. The molecule has 2 aliphatic carbocycles. The van der Waals surface area contributed by atoms with Gasteiger partial charge in [0.2, 0.25) is 0 Å². The molecule has 12 heavy (non-hydrogen) atoms. The van der Waals surface area contributed by atoms with E-state index in [0.29, 0.717) is 0 Å². The van der Waals surface area contributed by atoms with Gasteiger partial charge in [0.25, 0.3) is 0 Å². The van der Waals surface area contributed by atoms with Crippen LogP contribution in [-0.4, -0.2) is 9.78 Å². The molecule has 0 atom stereocenters. The van der Waals surface area contributed by atoms with Crippen LogP contribution in [0, 0.1) is 6.92 Å². The van der Waals surface area contributed by atoms with Crippen LogP contribution in [0.3, 0.4) is 0 Å². The quantitative estimate of drug-likeness (QED) is 0.653. The summed E-state index contributed by atoms with van der Waals surface area (Å²) in [5.74, 6) is 0.859. The molecule has 1 aromatic rings. The van der Waals surface area contributed by atoms with Gasteiger partial charge in [-0.3, -0.25) is 4.68 Å². The zero-order valence-corrected chi connectivity index (χ0v) is 7.45. The van der Waals surface area contributed by atoms with Crippen molar-refractivity contribution in [3.8, 4) is 0 Å². The van der Waals surface area contributed by atoms with Gasteiger partial charge in [0.15, 0.2) is 0 Å². The van der Waals surface area contributed by atoms with Gasteiger partial charge >= 0.3 is 0 Å². The van der Waals surface area contributed by atoms with Gasteiger partial charge in [0.05, 0.1) is 11.7 Å². The lowest BCUT2D eigenvalue weighted by Crippen LogP contribution is -1.93. The lowest BCUT2D eigenvalue weighted by Gasteiger charge is -1.92. The van der Waals surface area contributed by atoms with Crippen LogP contribution in [0.5, 0.6) is 0 Å². The molecule has 1 heterocycles. The minimum Gasteiger partial charge on any atom is -0.269 e. The van der Waals surface area contributed by atoms with Crippen molar-refractivity contribution < 1.29 is 0 Å². The van der Waals surface area contributed by atoms with E-state index in [-0.39, 0.29) is 0 Å². The Morgan fingerprint density at radius 2 is 2.08 bits per heavy atom. The Labute approximate surface area is 72.6 Å². The molecule has 2 saturated carbocycles. The minimum absolute atomic E-state index is 0.746. The molecule has 64 valence electrons. The second-order valence-corrected chi connectivity index (χ2v) is 4.16. The summed E-state index contributed by atoms with van der Waals surface area (Å²) in [6.45, 7) is 2.15. The van der Waals surface area contributed by atoms with Crippen LogP contribution in [0.15, 0.2) is 6.20 Å². The predicted octanol–water partition coefficient (Wildman–Crippen LogP) is 2.40. The van der Waals surface area contributed by atoms with Crippen molar-refractivity contribution in [1.82, 2.24) is 9.78 Å². The van der Waals surface area contributed by atoms with E-state index in [1.54, 1.807) is 0 Å². The fourth-order valence-electron chi connectivity index (χ4n) is 1.82. The average molecular weight is 162 g/mol. The van der Waals surface area contributed by atoms with Crippen LogP contribution in [0.25, 0.3) is 0 Å². The summed E-state index contributed by atoms with van der Waals surface area (Å²) in [4.78, 5) is 0. The van der Waals surface area contributed by atoms with E-state index >= 15 is 0 Å². The molecule has 0 spiro atoms. The molecular weight excluding hydrogens is 148 g/mol. The standard InChI is InChI=1S/C10H14N2/c1-7-10(8-2-3-8)6-12(11-7)9-4-5-9/h6,8-9H,2-5H2,1H3. The van der Waals surface area contributed by atoms with Crippen LogP contribution in [0.1, 0.15) is 48.9 Å². The van der Waals surface area contributed by atoms with Crippen molar-refractivity contribution in [2.24, 2.45) is 0 Å². The van der Waals surface area contributed by atoms with Crippen molar-refractivity contribution in [1.29, 1.82) is 0 Å². The van der Waals surface area contributed by atoms with Crippen LogP contribution in [0.2, 0.25) is 0 Å².